The second kappa shape index (κ2) is 4.65. The lowest BCUT2D eigenvalue weighted by molar-refractivity contribution is -0.136. The molecule has 0 aliphatic carbocycles. The van der Waals surface area contributed by atoms with Gasteiger partial charge in [-0.15, -0.1) is 0 Å². The van der Waals surface area contributed by atoms with Crippen LogP contribution in [0.5, 0.6) is 0 Å². The van der Waals surface area contributed by atoms with Crippen LogP contribution in [0.3, 0.4) is 0 Å². The van der Waals surface area contributed by atoms with Crippen LogP contribution in [0, 0.1) is 0 Å². The Balaban J connectivity index is 3.13. The average molecular weight is 242 g/mol. The van der Waals surface area contributed by atoms with Crippen LogP contribution in [0.1, 0.15) is 19.4 Å². The van der Waals surface area contributed by atoms with Gasteiger partial charge in [-0.05, 0) is 31.0 Å². The zero-order valence-corrected chi connectivity index (χ0v) is 9.99. The molecule has 1 rings (SSSR count). The number of benzene rings is 1. The quantitative estimate of drug-likeness (QED) is 0.868. The smallest absolute Gasteiger partial charge is 0.321 e. The van der Waals surface area contributed by atoms with E-state index in [4.69, 9.17) is 5.11 Å². The molecule has 0 bridgehead atoms. The third-order valence-electron chi connectivity index (χ3n) is 2.47. The van der Waals surface area contributed by atoms with Gasteiger partial charge in [0.05, 0.1) is 4.90 Å². The molecule has 1 aromatic rings. The monoisotopic (exact) mass is 242 g/mol. The third-order valence-corrected chi connectivity index (χ3v) is 4.54. The molecule has 0 saturated carbocycles. The topological polar surface area (TPSA) is 71.4 Å². The summed E-state index contributed by atoms with van der Waals surface area (Å²) in [6.07, 6.45) is 0.814. The van der Waals surface area contributed by atoms with Crippen molar-refractivity contribution < 1.29 is 18.3 Å². The molecule has 0 heterocycles. The molecule has 1 aromatic carbocycles. The number of aliphatic carboxylic acids is 1. The molecule has 0 unspecified atom stereocenters. The highest BCUT2D eigenvalue weighted by Gasteiger charge is 2.29. The lowest BCUT2D eigenvalue weighted by Crippen LogP contribution is -2.26. The van der Waals surface area contributed by atoms with Crippen molar-refractivity contribution >= 4 is 15.8 Å². The lowest BCUT2D eigenvalue weighted by Gasteiger charge is -2.08. The molecule has 0 radical (unpaired) electrons. The van der Waals surface area contributed by atoms with Crippen LogP contribution in [0.15, 0.2) is 29.2 Å². The minimum Gasteiger partial charge on any atom is -0.480 e. The second-order valence-corrected chi connectivity index (χ2v) is 5.79. The highest BCUT2D eigenvalue weighted by Crippen LogP contribution is 2.17. The van der Waals surface area contributed by atoms with Crippen molar-refractivity contribution in [3.8, 4) is 0 Å². The Hall–Kier alpha value is -1.36. The van der Waals surface area contributed by atoms with Crippen molar-refractivity contribution in [1.29, 1.82) is 0 Å². The van der Waals surface area contributed by atoms with Gasteiger partial charge in [-0.1, -0.05) is 19.1 Å². The second-order valence-electron chi connectivity index (χ2n) is 3.52. The molecule has 0 aromatic heterocycles. The highest BCUT2D eigenvalue weighted by molar-refractivity contribution is 7.92. The summed E-state index contributed by atoms with van der Waals surface area (Å²) in [5, 5.41) is 7.28. The fourth-order valence-electron chi connectivity index (χ4n) is 1.25. The summed E-state index contributed by atoms with van der Waals surface area (Å²) in [7, 11) is -3.76. The predicted octanol–water partition coefficient (Wildman–Crippen LogP) is 1.50. The Bertz CT molecular complexity index is 473. The predicted molar refractivity (Wildman–Crippen MR) is 60.1 cm³/mol. The van der Waals surface area contributed by atoms with Gasteiger partial charge in [0.25, 0.3) is 0 Å². The number of carboxylic acid groups (broad SMARTS) is 1. The van der Waals surface area contributed by atoms with Gasteiger partial charge < -0.3 is 5.11 Å². The van der Waals surface area contributed by atoms with Crippen LogP contribution in [-0.2, 0) is 21.1 Å². The minimum atomic E-state index is -3.76. The average Bonchev–Trinajstić information content (AvgIpc) is 2.28. The number of aryl methyl sites for hydroxylation is 1. The zero-order valence-electron chi connectivity index (χ0n) is 9.17. The Morgan fingerprint density at radius 2 is 1.81 bits per heavy atom. The van der Waals surface area contributed by atoms with Crippen LogP contribution < -0.4 is 0 Å². The first kappa shape index (κ1) is 12.7. The number of hydrogen-bond donors (Lipinski definition) is 1. The van der Waals surface area contributed by atoms with Crippen molar-refractivity contribution in [2.45, 2.75) is 30.4 Å². The maximum Gasteiger partial charge on any atom is 0.321 e. The molecule has 4 nitrogen and oxygen atoms in total. The molecule has 0 fully saturated rings. The van der Waals surface area contributed by atoms with Gasteiger partial charge in [-0.25, -0.2) is 8.42 Å². The van der Waals surface area contributed by atoms with E-state index in [2.05, 4.69) is 0 Å². The van der Waals surface area contributed by atoms with Crippen LogP contribution in [0.25, 0.3) is 0 Å². The van der Waals surface area contributed by atoms with Crippen molar-refractivity contribution in [1.82, 2.24) is 0 Å². The number of sulfone groups is 1. The molecule has 1 atom stereocenters. The van der Waals surface area contributed by atoms with Crippen LogP contribution >= 0.6 is 0 Å². The van der Waals surface area contributed by atoms with Gasteiger partial charge in [-0.3, -0.25) is 4.79 Å². The van der Waals surface area contributed by atoms with Crippen LogP contribution in [0.4, 0.5) is 0 Å². The molecule has 1 N–H and O–H groups in total. The summed E-state index contributed by atoms with van der Waals surface area (Å²) in [6, 6.07) is 6.30. The summed E-state index contributed by atoms with van der Waals surface area (Å²) >= 11 is 0. The summed E-state index contributed by atoms with van der Waals surface area (Å²) in [4.78, 5) is 10.7. The normalized spacial score (nSPS) is 13.4. The first-order valence-electron chi connectivity index (χ1n) is 4.95. The van der Waals surface area contributed by atoms with E-state index >= 15 is 0 Å². The Kier molecular flexibility index (Phi) is 3.70. The first-order chi connectivity index (χ1) is 7.39. The first-order valence-corrected chi connectivity index (χ1v) is 6.50. The Morgan fingerprint density at radius 1 is 1.31 bits per heavy atom. The minimum absolute atomic E-state index is 0.0552. The molecule has 16 heavy (non-hydrogen) atoms. The fraction of sp³-hybridized carbons (Fsp3) is 0.364. The van der Waals surface area contributed by atoms with E-state index in [1.165, 1.54) is 19.1 Å². The van der Waals surface area contributed by atoms with Gasteiger partial charge in [-0.2, -0.15) is 0 Å². The Morgan fingerprint density at radius 3 is 2.19 bits per heavy atom. The van der Waals surface area contributed by atoms with Gasteiger partial charge in [0.1, 0.15) is 0 Å². The summed E-state index contributed by atoms with van der Waals surface area (Å²) < 4.78 is 23.6. The number of carboxylic acids is 1. The molecule has 0 saturated heterocycles. The van der Waals surface area contributed by atoms with Gasteiger partial charge in [0.2, 0.25) is 0 Å². The zero-order chi connectivity index (χ0) is 12.3. The van der Waals surface area contributed by atoms with E-state index < -0.39 is 21.1 Å². The summed E-state index contributed by atoms with van der Waals surface area (Å²) in [5.41, 5.74) is 1.02. The molecule has 0 aliphatic rings. The molecule has 88 valence electrons. The molecule has 0 aliphatic heterocycles. The van der Waals surface area contributed by atoms with E-state index in [9.17, 15) is 13.2 Å². The molecule has 5 heteroatoms. The van der Waals surface area contributed by atoms with Crippen LogP contribution in [0.2, 0.25) is 0 Å². The maximum absolute atomic E-state index is 11.8. The van der Waals surface area contributed by atoms with Gasteiger partial charge in [0.15, 0.2) is 15.1 Å². The number of carbonyl (C=O) groups is 1. The third kappa shape index (κ3) is 2.41. The SMILES string of the molecule is CCc1ccc(S(=O)(=O)[C@@H](C)C(=O)O)cc1. The van der Waals surface area contributed by atoms with Gasteiger partial charge in [0, 0.05) is 0 Å². The van der Waals surface area contributed by atoms with Crippen molar-refractivity contribution in [2.24, 2.45) is 0 Å². The molecular formula is C11H14O4S. The van der Waals surface area contributed by atoms with E-state index in [1.54, 1.807) is 12.1 Å². The maximum atomic E-state index is 11.8. The number of hydrogen-bond acceptors (Lipinski definition) is 3. The van der Waals surface area contributed by atoms with E-state index in [-0.39, 0.29) is 4.90 Å². The molecular weight excluding hydrogens is 228 g/mol. The number of rotatable bonds is 4. The highest BCUT2D eigenvalue weighted by atomic mass is 32.2. The molecule has 0 amide bonds. The van der Waals surface area contributed by atoms with Crippen molar-refractivity contribution in [3.05, 3.63) is 29.8 Å². The summed E-state index contributed by atoms with van der Waals surface area (Å²) in [6.45, 7) is 3.13. The van der Waals surface area contributed by atoms with E-state index in [1.807, 2.05) is 6.92 Å². The van der Waals surface area contributed by atoms with E-state index in [0.717, 1.165) is 12.0 Å². The Labute approximate surface area is 94.8 Å². The van der Waals surface area contributed by atoms with Crippen LogP contribution in [-0.4, -0.2) is 24.7 Å². The van der Waals surface area contributed by atoms with Crippen molar-refractivity contribution in [3.63, 3.8) is 0 Å². The lowest BCUT2D eigenvalue weighted by atomic mass is 10.2. The van der Waals surface area contributed by atoms with Crippen molar-refractivity contribution in [2.75, 3.05) is 0 Å². The van der Waals surface area contributed by atoms with Gasteiger partial charge >= 0.3 is 5.97 Å². The van der Waals surface area contributed by atoms with E-state index in [0.29, 0.717) is 0 Å². The standard InChI is InChI=1S/C11H14O4S/c1-3-9-4-6-10(7-5-9)16(14,15)8(2)11(12)13/h4-8H,3H2,1-2H3,(H,12,13)/t8-/m0/s1. The molecule has 0 spiro atoms. The largest absolute Gasteiger partial charge is 0.480 e. The summed E-state index contributed by atoms with van der Waals surface area (Å²) in [5.74, 6) is -1.33. The fourth-order valence-corrected chi connectivity index (χ4v) is 2.44.